The van der Waals surface area contributed by atoms with Gasteiger partial charge in [0.25, 0.3) is 0 Å². The van der Waals surface area contributed by atoms with Crippen LogP contribution in [0.3, 0.4) is 0 Å². The number of ether oxygens (including phenoxy) is 1. The largest absolute Gasteiger partial charge is 0.454 e. The fourth-order valence-electron chi connectivity index (χ4n) is 2.42. The molecule has 0 N–H and O–H groups in total. The Labute approximate surface area is 126 Å². The van der Waals surface area contributed by atoms with E-state index in [2.05, 4.69) is 0 Å². The van der Waals surface area contributed by atoms with Crippen molar-refractivity contribution in [3.8, 4) is 0 Å². The molecule has 21 heavy (non-hydrogen) atoms. The zero-order valence-electron chi connectivity index (χ0n) is 11.3. The van der Waals surface area contributed by atoms with Crippen LogP contribution in [-0.4, -0.2) is 17.9 Å². The van der Waals surface area contributed by atoms with Crippen LogP contribution in [0, 0.1) is 0 Å². The Morgan fingerprint density at radius 2 is 2.00 bits per heavy atom. The summed E-state index contributed by atoms with van der Waals surface area (Å²) in [5.74, 6) is -0.403. The van der Waals surface area contributed by atoms with Gasteiger partial charge in [-0.3, -0.25) is 4.79 Å². The first-order valence-electron chi connectivity index (χ1n) is 6.74. The number of carbonyl (C=O) groups is 2. The topological polar surface area (TPSA) is 43.4 Å². The minimum Gasteiger partial charge on any atom is -0.454 e. The summed E-state index contributed by atoms with van der Waals surface area (Å²) in [6.07, 6.45) is 3.14. The van der Waals surface area contributed by atoms with Gasteiger partial charge in [-0.05, 0) is 17.5 Å². The molecule has 106 valence electrons. The second-order valence-corrected chi connectivity index (χ2v) is 5.86. The van der Waals surface area contributed by atoms with Gasteiger partial charge >= 0.3 is 5.97 Å². The third-order valence-electron chi connectivity index (χ3n) is 3.48. The van der Waals surface area contributed by atoms with E-state index in [0.29, 0.717) is 12.0 Å². The smallest absolute Gasteiger partial charge is 0.331 e. The number of thiophene rings is 1. The Morgan fingerprint density at radius 3 is 2.62 bits per heavy atom. The van der Waals surface area contributed by atoms with Gasteiger partial charge in [-0.2, -0.15) is 0 Å². The van der Waals surface area contributed by atoms with Crippen LogP contribution in [0.5, 0.6) is 0 Å². The van der Waals surface area contributed by atoms with Crippen molar-refractivity contribution < 1.29 is 14.3 Å². The van der Waals surface area contributed by atoms with Crippen LogP contribution in [0.2, 0.25) is 0 Å². The zero-order valence-corrected chi connectivity index (χ0v) is 12.1. The van der Waals surface area contributed by atoms with Gasteiger partial charge in [0.05, 0.1) is 0 Å². The molecule has 1 aromatic heterocycles. The molecule has 0 fully saturated rings. The molecule has 2 atom stereocenters. The summed E-state index contributed by atoms with van der Waals surface area (Å²) in [6.45, 7) is 0. The van der Waals surface area contributed by atoms with Gasteiger partial charge < -0.3 is 4.74 Å². The van der Waals surface area contributed by atoms with E-state index in [1.807, 2.05) is 47.8 Å². The van der Waals surface area contributed by atoms with Gasteiger partial charge in [-0.25, -0.2) is 4.79 Å². The maximum atomic E-state index is 12.4. The fourth-order valence-corrected chi connectivity index (χ4v) is 3.29. The molecule has 0 aliphatic carbocycles. The minimum absolute atomic E-state index is 0.0605. The summed E-state index contributed by atoms with van der Waals surface area (Å²) < 4.78 is 5.29. The minimum atomic E-state index is -0.358. The van der Waals surface area contributed by atoms with E-state index in [0.717, 1.165) is 4.88 Å². The van der Waals surface area contributed by atoms with E-state index in [1.54, 1.807) is 17.4 Å². The van der Waals surface area contributed by atoms with E-state index >= 15 is 0 Å². The van der Waals surface area contributed by atoms with Crippen molar-refractivity contribution in [1.82, 2.24) is 0 Å². The Hall–Kier alpha value is -2.20. The molecular weight excluding hydrogens is 284 g/mol. The number of benzene rings is 1. The highest BCUT2D eigenvalue weighted by Gasteiger charge is 2.30. The van der Waals surface area contributed by atoms with Crippen LogP contribution < -0.4 is 0 Å². The highest BCUT2D eigenvalue weighted by Crippen LogP contribution is 2.33. The van der Waals surface area contributed by atoms with Crippen LogP contribution in [0.15, 0.2) is 60.0 Å². The molecule has 2 aromatic rings. The number of hydrogen-bond donors (Lipinski definition) is 0. The van der Waals surface area contributed by atoms with Crippen molar-refractivity contribution in [2.24, 2.45) is 0 Å². The van der Waals surface area contributed by atoms with Crippen LogP contribution >= 0.6 is 11.3 Å². The molecule has 2 heterocycles. The number of rotatable bonds is 5. The lowest BCUT2D eigenvalue weighted by Crippen LogP contribution is -2.21. The monoisotopic (exact) mass is 298 g/mol. The van der Waals surface area contributed by atoms with Crippen molar-refractivity contribution in [3.05, 3.63) is 70.4 Å². The summed E-state index contributed by atoms with van der Waals surface area (Å²) in [7, 11) is 0. The van der Waals surface area contributed by atoms with E-state index in [9.17, 15) is 9.59 Å². The normalized spacial score (nSPS) is 18.5. The Morgan fingerprint density at radius 1 is 1.19 bits per heavy atom. The highest BCUT2D eigenvalue weighted by atomic mass is 32.1. The van der Waals surface area contributed by atoms with Crippen LogP contribution in [0.4, 0.5) is 0 Å². The van der Waals surface area contributed by atoms with Crippen LogP contribution in [0.1, 0.15) is 27.6 Å². The number of ketones is 1. The fraction of sp³-hybridized carbons (Fsp3) is 0.176. The Balaban J connectivity index is 1.82. The molecule has 0 unspecified atom stereocenters. The number of Topliss-reactive ketones (excluding diaryl/α,β-unsaturated/α-hetero) is 1. The average molecular weight is 298 g/mol. The molecule has 0 radical (unpaired) electrons. The lowest BCUT2D eigenvalue weighted by Gasteiger charge is -2.20. The molecule has 0 saturated carbocycles. The standard InChI is InChI=1S/C17H14O3S/c18-14(12-5-2-1-3-6-12)11-13(16-7-4-10-21-16)15-8-9-17(19)20-15/h1-10,13,15H,11H2/t13-,15+/m1/s1. The van der Waals surface area contributed by atoms with Gasteiger partial charge in [0.1, 0.15) is 6.10 Å². The quantitative estimate of drug-likeness (QED) is 0.626. The SMILES string of the molecule is O=C1C=C[C@@H]([C@@H](CC(=O)c2ccccc2)c2cccs2)O1. The summed E-state index contributed by atoms with van der Waals surface area (Å²) in [5, 5.41) is 1.97. The summed E-state index contributed by atoms with van der Waals surface area (Å²) in [5.41, 5.74) is 0.687. The van der Waals surface area contributed by atoms with E-state index in [1.165, 1.54) is 6.08 Å². The molecule has 0 bridgehead atoms. The lowest BCUT2D eigenvalue weighted by molar-refractivity contribution is -0.139. The van der Waals surface area contributed by atoms with Crippen molar-refractivity contribution in [2.45, 2.75) is 18.4 Å². The predicted molar refractivity (Wildman–Crippen MR) is 81.5 cm³/mol. The van der Waals surface area contributed by atoms with Gasteiger partial charge in [-0.15, -0.1) is 11.3 Å². The van der Waals surface area contributed by atoms with E-state index in [4.69, 9.17) is 4.74 Å². The summed E-state index contributed by atoms with van der Waals surface area (Å²) in [6, 6.07) is 13.1. The zero-order chi connectivity index (χ0) is 14.7. The molecule has 1 aliphatic heterocycles. The van der Waals surface area contributed by atoms with Crippen molar-refractivity contribution >= 4 is 23.1 Å². The molecule has 1 aromatic carbocycles. The third kappa shape index (κ3) is 3.11. The predicted octanol–water partition coefficient (Wildman–Crippen LogP) is 3.59. The van der Waals surface area contributed by atoms with Gasteiger partial charge in [0.15, 0.2) is 5.78 Å². The Kier molecular flexibility index (Phi) is 3.97. The van der Waals surface area contributed by atoms with E-state index in [-0.39, 0.29) is 23.8 Å². The molecule has 0 amide bonds. The Bertz CT molecular complexity index is 659. The first-order chi connectivity index (χ1) is 10.2. The molecular formula is C17H14O3S. The maximum Gasteiger partial charge on any atom is 0.331 e. The highest BCUT2D eigenvalue weighted by molar-refractivity contribution is 7.10. The van der Waals surface area contributed by atoms with Crippen molar-refractivity contribution in [3.63, 3.8) is 0 Å². The maximum absolute atomic E-state index is 12.4. The molecule has 0 saturated heterocycles. The molecule has 3 rings (SSSR count). The van der Waals surface area contributed by atoms with Crippen LogP contribution in [0.25, 0.3) is 0 Å². The number of cyclic esters (lactones) is 1. The van der Waals surface area contributed by atoms with Gasteiger partial charge in [0.2, 0.25) is 0 Å². The second kappa shape index (κ2) is 6.06. The average Bonchev–Trinajstić information content (AvgIpc) is 3.17. The first-order valence-corrected chi connectivity index (χ1v) is 7.62. The van der Waals surface area contributed by atoms with Crippen molar-refractivity contribution in [1.29, 1.82) is 0 Å². The molecule has 3 nitrogen and oxygen atoms in total. The van der Waals surface area contributed by atoms with Crippen LogP contribution in [-0.2, 0) is 9.53 Å². The second-order valence-electron chi connectivity index (χ2n) is 4.88. The van der Waals surface area contributed by atoms with Gasteiger partial charge in [-0.1, -0.05) is 36.4 Å². The number of carbonyl (C=O) groups excluding carboxylic acids is 2. The number of hydrogen-bond acceptors (Lipinski definition) is 4. The van der Waals surface area contributed by atoms with Crippen molar-refractivity contribution in [2.75, 3.05) is 0 Å². The lowest BCUT2D eigenvalue weighted by atomic mass is 9.92. The third-order valence-corrected chi connectivity index (χ3v) is 4.48. The van der Waals surface area contributed by atoms with Gasteiger partial charge in [0, 0.05) is 28.9 Å². The summed E-state index contributed by atoms with van der Waals surface area (Å²) >= 11 is 1.58. The summed E-state index contributed by atoms with van der Waals surface area (Å²) in [4.78, 5) is 24.8. The first kappa shape index (κ1) is 13.8. The van der Waals surface area contributed by atoms with E-state index < -0.39 is 0 Å². The molecule has 4 heteroatoms. The molecule has 0 spiro atoms. The number of esters is 1. The molecule has 1 aliphatic rings.